The Morgan fingerprint density at radius 3 is 2.79 bits per heavy atom. The number of halogens is 1. The van der Waals surface area contributed by atoms with Crippen LogP contribution in [0.4, 0.5) is 11.5 Å². The summed E-state index contributed by atoms with van der Waals surface area (Å²) >= 11 is 5.76. The Kier molecular flexibility index (Phi) is 4.01. The molecular formula is C10H16ClN3. The predicted molar refractivity (Wildman–Crippen MR) is 61.6 cm³/mol. The third-order valence-corrected chi connectivity index (χ3v) is 2.04. The van der Waals surface area contributed by atoms with Crippen molar-refractivity contribution in [2.24, 2.45) is 5.92 Å². The lowest BCUT2D eigenvalue weighted by Crippen LogP contribution is -2.06. The van der Waals surface area contributed by atoms with Gasteiger partial charge in [-0.15, -0.1) is 0 Å². The van der Waals surface area contributed by atoms with Crippen LogP contribution in [0.5, 0.6) is 0 Å². The fraction of sp³-hybridized carbons (Fsp3) is 0.500. The van der Waals surface area contributed by atoms with E-state index in [0.717, 1.165) is 18.8 Å². The van der Waals surface area contributed by atoms with E-state index in [1.807, 2.05) is 0 Å². The Balaban J connectivity index is 2.50. The number of rotatable bonds is 4. The van der Waals surface area contributed by atoms with Crippen LogP contribution in [-0.4, -0.2) is 11.5 Å². The molecule has 0 aromatic carbocycles. The summed E-state index contributed by atoms with van der Waals surface area (Å²) in [5.41, 5.74) is 6.26. The Labute approximate surface area is 89.7 Å². The number of nitrogen functional groups attached to an aromatic ring is 1. The summed E-state index contributed by atoms with van der Waals surface area (Å²) in [6.45, 7) is 5.26. The van der Waals surface area contributed by atoms with Crippen molar-refractivity contribution < 1.29 is 0 Å². The molecule has 0 unspecified atom stereocenters. The summed E-state index contributed by atoms with van der Waals surface area (Å²) in [6.07, 6.45) is 1.11. The first-order chi connectivity index (χ1) is 6.58. The Morgan fingerprint density at radius 2 is 2.21 bits per heavy atom. The Bertz CT molecular complexity index is 279. The van der Waals surface area contributed by atoms with Crippen LogP contribution in [0.3, 0.4) is 0 Å². The molecule has 1 aromatic rings. The zero-order valence-electron chi connectivity index (χ0n) is 8.55. The van der Waals surface area contributed by atoms with Crippen LogP contribution in [0.25, 0.3) is 0 Å². The molecule has 1 heterocycles. The van der Waals surface area contributed by atoms with E-state index in [2.05, 4.69) is 24.1 Å². The molecular weight excluding hydrogens is 198 g/mol. The quantitative estimate of drug-likeness (QED) is 0.757. The molecule has 0 amide bonds. The molecule has 0 spiro atoms. The van der Waals surface area contributed by atoms with Crippen molar-refractivity contribution in [2.75, 3.05) is 17.6 Å². The van der Waals surface area contributed by atoms with Crippen LogP contribution in [0, 0.1) is 5.92 Å². The average molecular weight is 214 g/mol. The minimum atomic E-state index is 0.428. The first kappa shape index (κ1) is 11.1. The van der Waals surface area contributed by atoms with Gasteiger partial charge in [-0.2, -0.15) is 0 Å². The molecule has 0 aliphatic carbocycles. The van der Waals surface area contributed by atoms with E-state index in [4.69, 9.17) is 17.3 Å². The normalized spacial score (nSPS) is 10.6. The molecule has 0 aliphatic heterocycles. The third kappa shape index (κ3) is 3.83. The van der Waals surface area contributed by atoms with Crippen molar-refractivity contribution in [3.8, 4) is 0 Å². The second-order valence-corrected chi connectivity index (χ2v) is 4.10. The molecule has 1 aromatic heterocycles. The highest BCUT2D eigenvalue weighted by Crippen LogP contribution is 2.15. The van der Waals surface area contributed by atoms with Gasteiger partial charge in [0.1, 0.15) is 11.0 Å². The van der Waals surface area contributed by atoms with Crippen LogP contribution < -0.4 is 11.1 Å². The Morgan fingerprint density at radius 1 is 1.50 bits per heavy atom. The van der Waals surface area contributed by atoms with Gasteiger partial charge >= 0.3 is 0 Å². The maximum atomic E-state index is 5.76. The average Bonchev–Trinajstić information content (AvgIpc) is 2.01. The van der Waals surface area contributed by atoms with Gasteiger partial charge < -0.3 is 11.1 Å². The second kappa shape index (κ2) is 5.05. The molecule has 0 saturated carbocycles. The van der Waals surface area contributed by atoms with Crippen LogP contribution >= 0.6 is 11.6 Å². The largest absolute Gasteiger partial charge is 0.399 e. The molecule has 1 rings (SSSR count). The van der Waals surface area contributed by atoms with Crippen molar-refractivity contribution in [1.82, 2.24) is 4.98 Å². The van der Waals surface area contributed by atoms with Gasteiger partial charge in [-0.25, -0.2) is 4.98 Å². The topological polar surface area (TPSA) is 50.9 Å². The van der Waals surface area contributed by atoms with Crippen LogP contribution in [-0.2, 0) is 0 Å². The molecule has 14 heavy (non-hydrogen) atoms. The van der Waals surface area contributed by atoms with Crippen molar-refractivity contribution >= 4 is 23.1 Å². The molecule has 0 fully saturated rings. The van der Waals surface area contributed by atoms with Crippen LogP contribution in [0.2, 0.25) is 5.15 Å². The zero-order chi connectivity index (χ0) is 10.6. The molecule has 0 aliphatic rings. The van der Waals surface area contributed by atoms with Crippen molar-refractivity contribution in [1.29, 1.82) is 0 Å². The molecule has 4 heteroatoms. The van der Waals surface area contributed by atoms with E-state index in [-0.39, 0.29) is 0 Å². The van der Waals surface area contributed by atoms with Crippen LogP contribution in [0.15, 0.2) is 12.1 Å². The standard InChI is InChI=1S/C10H16ClN3/c1-7(2)3-4-13-10-6-8(12)5-9(11)14-10/h5-7H,3-4H2,1-2H3,(H3,12,13,14). The summed E-state index contributed by atoms with van der Waals surface area (Å²) in [5, 5.41) is 3.61. The van der Waals surface area contributed by atoms with E-state index < -0.39 is 0 Å². The first-order valence-electron chi connectivity index (χ1n) is 4.75. The number of hydrogen-bond acceptors (Lipinski definition) is 3. The van der Waals surface area contributed by atoms with E-state index >= 15 is 0 Å². The summed E-state index contributed by atoms with van der Waals surface area (Å²) in [7, 11) is 0. The number of anilines is 2. The number of pyridine rings is 1. The fourth-order valence-electron chi connectivity index (χ4n) is 1.10. The van der Waals surface area contributed by atoms with Gasteiger partial charge in [-0.1, -0.05) is 25.4 Å². The van der Waals surface area contributed by atoms with E-state index in [1.165, 1.54) is 0 Å². The molecule has 3 nitrogen and oxygen atoms in total. The fourth-order valence-corrected chi connectivity index (χ4v) is 1.31. The highest BCUT2D eigenvalue weighted by molar-refractivity contribution is 6.29. The molecule has 0 saturated heterocycles. The minimum absolute atomic E-state index is 0.428. The van der Waals surface area contributed by atoms with Gasteiger partial charge in [0.15, 0.2) is 0 Å². The van der Waals surface area contributed by atoms with Crippen molar-refractivity contribution in [2.45, 2.75) is 20.3 Å². The van der Waals surface area contributed by atoms with E-state index in [0.29, 0.717) is 16.8 Å². The second-order valence-electron chi connectivity index (χ2n) is 3.72. The summed E-state index contributed by atoms with van der Waals surface area (Å²) in [6, 6.07) is 3.42. The SMILES string of the molecule is CC(C)CCNc1cc(N)cc(Cl)n1. The van der Waals surface area contributed by atoms with Gasteiger partial charge in [0.2, 0.25) is 0 Å². The number of nitrogens with one attached hydrogen (secondary N) is 1. The maximum Gasteiger partial charge on any atom is 0.133 e. The summed E-state index contributed by atoms with van der Waals surface area (Å²) < 4.78 is 0. The number of nitrogens with zero attached hydrogens (tertiary/aromatic N) is 1. The monoisotopic (exact) mass is 213 g/mol. The lowest BCUT2D eigenvalue weighted by molar-refractivity contribution is 0.606. The van der Waals surface area contributed by atoms with E-state index in [9.17, 15) is 0 Å². The maximum absolute atomic E-state index is 5.76. The number of aromatic nitrogens is 1. The molecule has 78 valence electrons. The molecule has 0 radical (unpaired) electrons. The molecule has 0 bridgehead atoms. The van der Waals surface area contributed by atoms with Gasteiger partial charge in [-0.3, -0.25) is 0 Å². The van der Waals surface area contributed by atoms with Gasteiger partial charge in [0.25, 0.3) is 0 Å². The predicted octanol–water partition coefficient (Wildman–Crippen LogP) is 2.78. The molecule has 0 atom stereocenters. The van der Waals surface area contributed by atoms with Gasteiger partial charge in [0, 0.05) is 18.3 Å². The lowest BCUT2D eigenvalue weighted by Gasteiger charge is -2.08. The van der Waals surface area contributed by atoms with E-state index in [1.54, 1.807) is 12.1 Å². The smallest absolute Gasteiger partial charge is 0.133 e. The molecule has 3 N–H and O–H groups in total. The zero-order valence-corrected chi connectivity index (χ0v) is 9.30. The highest BCUT2D eigenvalue weighted by atomic mass is 35.5. The number of nitrogens with two attached hydrogens (primary N) is 1. The van der Waals surface area contributed by atoms with Gasteiger partial charge in [-0.05, 0) is 18.4 Å². The number of hydrogen-bond donors (Lipinski definition) is 2. The minimum Gasteiger partial charge on any atom is -0.399 e. The van der Waals surface area contributed by atoms with Crippen molar-refractivity contribution in [3.05, 3.63) is 17.3 Å². The highest BCUT2D eigenvalue weighted by Gasteiger charge is 1.99. The first-order valence-corrected chi connectivity index (χ1v) is 5.12. The summed E-state index contributed by atoms with van der Waals surface area (Å²) in [5.74, 6) is 1.43. The summed E-state index contributed by atoms with van der Waals surface area (Å²) in [4.78, 5) is 4.11. The van der Waals surface area contributed by atoms with Crippen LogP contribution in [0.1, 0.15) is 20.3 Å². The van der Waals surface area contributed by atoms with Crippen molar-refractivity contribution in [3.63, 3.8) is 0 Å². The van der Waals surface area contributed by atoms with Gasteiger partial charge in [0.05, 0.1) is 0 Å². The third-order valence-electron chi connectivity index (χ3n) is 1.84. The lowest BCUT2D eigenvalue weighted by atomic mass is 10.1. The Hall–Kier alpha value is -0.960.